The Hall–Kier alpha value is -3.74. The molecular weight excluding hydrogens is 393 g/mol. The number of rotatable bonds is 7. The normalized spacial score (nSPS) is 11.7. The van der Waals surface area contributed by atoms with Crippen molar-refractivity contribution in [3.63, 3.8) is 0 Å². The molecule has 2 aromatic rings. The summed E-state index contributed by atoms with van der Waals surface area (Å²) >= 11 is 0. The van der Waals surface area contributed by atoms with E-state index in [4.69, 9.17) is 14.7 Å². The van der Waals surface area contributed by atoms with Crippen LogP contribution in [-0.2, 0) is 14.3 Å². The number of alkyl halides is 3. The monoisotopic (exact) mass is 408 g/mol. The molecule has 1 N–H and O–H groups in total. The standard InChI is InChI=1S/C19H15F3N2O5/c1-12(28-17(25)11-27-16-5-3-2-4-13(16)10-23)18(26)24-14-6-8-15(9-7-14)29-19(20,21)22/h2-9,12H,11H2,1H3,(H,24,26). The van der Waals surface area contributed by atoms with Gasteiger partial charge >= 0.3 is 12.3 Å². The first kappa shape index (κ1) is 21.6. The lowest BCUT2D eigenvalue weighted by molar-refractivity contribution is -0.274. The lowest BCUT2D eigenvalue weighted by atomic mass is 10.2. The van der Waals surface area contributed by atoms with Gasteiger partial charge in [-0.05, 0) is 43.3 Å². The molecule has 0 saturated carbocycles. The van der Waals surface area contributed by atoms with E-state index in [1.807, 2.05) is 6.07 Å². The van der Waals surface area contributed by atoms with Gasteiger partial charge in [-0.2, -0.15) is 5.26 Å². The number of nitrogens with one attached hydrogen (secondary N) is 1. The number of benzene rings is 2. The molecule has 0 radical (unpaired) electrons. The van der Waals surface area contributed by atoms with Crippen LogP contribution in [0.4, 0.5) is 18.9 Å². The number of carbonyl (C=O) groups is 2. The maximum Gasteiger partial charge on any atom is 0.573 e. The average molecular weight is 408 g/mol. The van der Waals surface area contributed by atoms with E-state index in [-0.39, 0.29) is 17.0 Å². The van der Waals surface area contributed by atoms with Gasteiger partial charge in [0.25, 0.3) is 5.91 Å². The number of nitriles is 1. The summed E-state index contributed by atoms with van der Waals surface area (Å²) in [6, 6.07) is 12.7. The fourth-order valence-corrected chi connectivity index (χ4v) is 2.09. The second-order valence-electron chi connectivity index (χ2n) is 5.59. The molecule has 2 aromatic carbocycles. The Kier molecular flexibility index (Phi) is 7.03. The maximum absolute atomic E-state index is 12.1. The smallest absolute Gasteiger partial charge is 0.481 e. The van der Waals surface area contributed by atoms with Crippen LogP contribution in [0.1, 0.15) is 12.5 Å². The molecule has 0 bridgehead atoms. The van der Waals surface area contributed by atoms with Crippen molar-refractivity contribution >= 4 is 17.6 Å². The molecule has 2 rings (SSSR count). The third kappa shape index (κ3) is 7.06. The average Bonchev–Trinajstić information content (AvgIpc) is 2.66. The minimum atomic E-state index is -4.82. The van der Waals surface area contributed by atoms with Crippen molar-refractivity contribution in [1.29, 1.82) is 5.26 Å². The first-order valence-electron chi connectivity index (χ1n) is 8.16. The summed E-state index contributed by atoms with van der Waals surface area (Å²) in [5.74, 6) is -1.77. The number of hydrogen-bond donors (Lipinski definition) is 1. The molecule has 152 valence electrons. The molecule has 1 amide bonds. The van der Waals surface area contributed by atoms with E-state index >= 15 is 0 Å². The van der Waals surface area contributed by atoms with Crippen molar-refractivity contribution in [3.05, 3.63) is 54.1 Å². The molecular formula is C19H15F3N2O5. The second kappa shape index (κ2) is 9.45. The van der Waals surface area contributed by atoms with Crippen LogP contribution in [0.15, 0.2) is 48.5 Å². The number of esters is 1. The summed E-state index contributed by atoms with van der Waals surface area (Å²) in [5, 5.41) is 11.3. The Morgan fingerprint density at radius 3 is 2.41 bits per heavy atom. The fourth-order valence-electron chi connectivity index (χ4n) is 2.09. The number of para-hydroxylation sites is 1. The molecule has 10 heteroatoms. The van der Waals surface area contributed by atoms with Gasteiger partial charge in [0.15, 0.2) is 12.7 Å². The topological polar surface area (TPSA) is 97.7 Å². The molecule has 0 heterocycles. The van der Waals surface area contributed by atoms with Gasteiger partial charge in [0.05, 0.1) is 5.56 Å². The van der Waals surface area contributed by atoms with Gasteiger partial charge in [-0.25, -0.2) is 4.79 Å². The van der Waals surface area contributed by atoms with Crippen molar-refractivity contribution in [2.75, 3.05) is 11.9 Å². The zero-order valence-corrected chi connectivity index (χ0v) is 15.0. The number of nitrogens with zero attached hydrogens (tertiary/aromatic N) is 1. The zero-order valence-electron chi connectivity index (χ0n) is 15.0. The SMILES string of the molecule is CC(OC(=O)COc1ccccc1C#N)C(=O)Nc1ccc(OC(F)(F)F)cc1. The van der Waals surface area contributed by atoms with E-state index in [0.29, 0.717) is 0 Å². The Morgan fingerprint density at radius 2 is 1.79 bits per heavy atom. The highest BCUT2D eigenvalue weighted by atomic mass is 19.4. The Balaban J connectivity index is 1.83. The third-order valence-corrected chi connectivity index (χ3v) is 3.39. The van der Waals surface area contributed by atoms with Crippen LogP contribution < -0.4 is 14.8 Å². The number of halogens is 3. The van der Waals surface area contributed by atoms with Gasteiger partial charge in [0, 0.05) is 5.69 Å². The van der Waals surface area contributed by atoms with E-state index in [0.717, 1.165) is 12.1 Å². The molecule has 0 aromatic heterocycles. The first-order valence-corrected chi connectivity index (χ1v) is 8.16. The van der Waals surface area contributed by atoms with Gasteiger partial charge in [-0.1, -0.05) is 12.1 Å². The minimum absolute atomic E-state index is 0.187. The quantitative estimate of drug-likeness (QED) is 0.706. The van der Waals surface area contributed by atoms with Crippen molar-refractivity contribution in [1.82, 2.24) is 0 Å². The van der Waals surface area contributed by atoms with Crippen molar-refractivity contribution in [3.8, 4) is 17.6 Å². The van der Waals surface area contributed by atoms with Gasteiger partial charge < -0.3 is 19.5 Å². The number of carbonyl (C=O) groups excluding carboxylic acids is 2. The Labute approximate surface area is 163 Å². The largest absolute Gasteiger partial charge is 0.573 e. The molecule has 0 aliphatic heterocycles. The maximum atomic E-state index is 12.1. The van der Waals surface area contributed by atoms with E-state index in [1.54, 1.807) is 12.1 Å². The minimum Gasteiger partial charge on any atom is -0.481 e. The van der Waals surface area contributed by atoms with Crippen molar-refractivity contribution < 1.29 is 37.0 Å². The summed E-state index contributed by atoms with van der Waals surface area (Å²) in [5.41, 5.74) is 0.427. The summed E-state index contributed by atoms with van der Waals surface area (Å²) < 4.78 is 50.2. The summed E-state index contributed by atoms with van der Waals surface area (Å²) in [6.45, 7) is 0.803. The van der Waals surface area contributed by atoms with Crippen molar-refractivity contribution in [2.24, 2.45) is 0 Å². The van der Waals surface area contributed by atoms with E-state index in [2.05, 4.69) is 10.1 Å². The van der Waals surface area contributed by atoms with E-state index in [9.17, 15) is 22.8 Å². The lowest BCUT2D eigenvalue weighted by Crippen LogP contribution is -2.31. The van der Waals surface area contributed by atoms with Gasteiger partial charge in [-0.15, -0.1) is 13.2 Å². The summed E-state index contributed by atoms with van der Waals surface area (Å²) in [4.78, 5) is 23.9. The molecule has 0 saturated heterocycles. The highest BCUT2D eigenvalue weighted by Crippen LogP contribution is 2.24. The third-order valence-electron chi connectivity index (χ3n) is 3.39. The van der Waals surface area contributed by atoms with Crippen LogP contribution in [0.25, 0.3) is 0 Å². The number of ether oxygens (including phenoxy) is 3. The van der Waals surface area contributed by atoms with Crippen LogP contribution in [0, 0.1) is 11.3 Å². The molecule has 29 heavy (non-hydrogen) atoms. The van der Waals surface area contributed by atoms with Crippen LogP contribution in [0.2, 0.25) is 0 Å². The van der Waals surface area contributed by atoms with Crippen LogP contribution in [0.3, 0.4) is 0 Å². The predicted molar refractivity (Wildman–Crippen MR) is 94.0 cm³/mol. The van der Waals surface area contributed by atoms with Crippen LogP contribution in [0.5, 0.6) is 11.5 Å². The number of hydrogen-bond acceptors (Lipinski definition) is 6. The van der Waals surface area contributed by atoms with Crippen molar-refractivity contribution in [2.45, 2.75) is 19.4 Å². The van der Waals surface area contributed by atoms with Gasteiger partial charge in [0.1, 0.15) is 17.6 Å². The number of amides is 1. The molecule has 0 aliphatic carbocycles. The molecule has 7 nitrogen and oxygen atoms in total. The zero-order chi connectivity index (χ0) is 21.4. The van der Waals surface area contributed by atoms with E-state index in [1.165, 1.54) is 31.2 Å². The van der Waals surface area contributed by atoms with Gasteiger partial charge in [-0.3, -0.25) is 4.79 Å². The van der Waals surface area contributed by atoms with Crippen LogP contribution in [-0.4, -0.2) is 30.9 Å². The molecule has 0 spiro atoms. The Morgan fingerprint density at radius 1 is 1.14 bits per heavy atom. The summed E-state index contributed by atoms with van der Waals surface area (Å²) in [7, 11) is 0. The summed E-state index contributed by atoms with van der Waals surface area (Å²) in [6.07, 6.45) is -6.01. The molecule has 0 aliphatic rings. The lowest BCUT2D eigenvalue weighted by Gasteiger charge is -2.14. The highest BCUT2D eigenvalue weighted by Gasteiger charge is 2.31. The van der Waals surface area contributed by atoms with Gasteiger partial charge in [0.2, 0.25) is 0 Å². The van der Waals surface area contributed by atoms with E-state index < -0.39 is 36.7 Å². The molecule has 1 unspecified atom stereocenters. The van der Waals surface area contributed by atoms with Crippen LogP contribution >= 0.6 is 0 Å². The molecule has 0 fully saturated rings. The Bertz CT molecular complexity index is 907. The highest BCUT2D eigenvalue weighted by molar-refractivity contribution is 5.95. The second-order valence-corrected chi connectivity index (χ2v) is 5.59. The molecule has 1 atom stereocenters. The fraction of sp³-hybridized carbons (Fsp3) is 0.211. The number of anilines is 1. The first-order chi connectivity index (χ1) is 13.7. The predicted octanol–water partition coefficient (Wildman–Crippen LogP) is 3.41.